The smallest absolute Gasteiger partial charge is 0.221 e. The summed E-state index contributed by atoms with van der Waals surface area (Å²) in [6.07, 6.45) is 0.495. The third kappa shape index (κ3) is 2.81. The van der Waals surface area contributed by atoms with Gasteiger partial charge >= 0.3 is 0 Å². The Labute approximate surface area is 85.8 Å². The molecule has 0 amide bonds. The summed E-state index contributed by atoms with van der Waals surface area (Å²) in [7, 11) is 0. The molecule has 0 fully saturated rings. The zero-order valence-corrected chi connectivity index (χ0v) is 8.75. The average Bonchev–Trinajstić information content (AvgIpc) is 2.11. The number of hydrogen-bond donors (Lipinski definition) is 2. The molecule has 1 rings (SSSR count). The zero-order valence-electron chi connectivity index (χ0n) is 7.94. The Bertz CT molecular complexity index is 321. The maximum atomic E-state index is 13.1. The lowest BCUT2D eigenvalue weighted by molar-refractivity contribution is 0.196. The number of hydrogen-bond acceptors (Lipinski definition) is 5. The molecule has 4 nitrogen and oxygen atoms in total. The van der Waals surface area contributed by atoms with Crippen molar-refractivity contribution in [1.82, 2.24) is 9.97 Å². The van der Waals surface area contributed by atoms with E-state index < -0.39 is 11.9 Å². The second-order valence-electron chi connectivity index (χ2n) is 2.94. The quantitative estimate of drug-likeness (QED) is 0.585. The van der Waals surface area contributed by atoms with Gasteiger partial charge in [0.05, 0.1) is 12.3 Å². The number of aromatic nitrogens is 2. The zero-order chi connectivity index (χ0) is 10.7. The summed E-state index contributed by atoms with van der Waals surface area (Å²) in [4.78, 5) is 7.25. The fraction of sp³-hybridized carbons (Fsp3) is 0.500. The second-order valence-corrected chi connectivity index (χ2v) is 4.31. The van der Waals surface area contributed by atoms with E-state index in [0.717, 1.165) is 18.0 Å². The van der Waals surface area contributed by atoms with Crippen LogP contribution in [0.3, 0.4) is 0 Å². The molecule has 0 spiro atoms. The molecule has 14 heavy (non-hydrogen) atoms. The highest BCUT2D eigenvalue weighted by molar-refractivity contribution is 7.99. The molecule has 1 aromatic heterocycles. The SMILES string of the molecule is CC(O)C(C)Sc1nc(N)ncc1F. The van der Waals surface area contributed by atoms with Crippen molar-refractivity contribution in [3.8, 4) is 0 Å². The van der Waals surface area contributed by atoms with Gasteiger partial charge in [-0.05, 0) is 6.92 Å². The molecule has 78 valence electrons. The van der Waals surface area contributed by atoms with E-state index in [2.05, 4.69) is 9.97 Å². The molecular weight excluding hydrogens is 205 g/mol. The van der Waals surface area contributed by atoms with Crippen molar-refractivity contribution < 1.29 is 9.50 Å². The van der Waals surface area contributed by atoms with Crippen LogP contribution in [-0.4, -0.2) is 26.4 Å². The van der Waals surface area contributed by atoms with Crippen molar-refractivity contribution in [3.63, 3.8) is 0 Å². The molecule has 0 bridgehead atoms. The number of anilines is 1. The Morgan fingerprint density at radius 2 is 2.21 bits per heavy atom. The molecule has 0 aliphatic heterocycles. The number of aliphatic hydroxyl groups excluding tert-OH is 1. The number of halogens is 1. The van der Waals surface area contributed by atoms with Crippen molar-refractivity contribution in [2.75, 3.05) is 5.73 Å². The van der Waals surface area contributed by atoms with E-state index in [0.29, 0.717) is 0 Å². The van der Waals surface area contributed by atoms with Crippen molar-refractivity contribution in [3.05, 3.63) is 12.0 Å². The lowest BCUT2D eigenvalue weighted by Crippen LogP contribution is -2.15. The fourth-order valence-electron chi connectivity index (χ4n) is 0.722. The van der Waals surface area contributed by atoms with Crippen LogP contribution in [0.15, 0.2) is 11.2 Å². The Kier molecular flexibility index (Phi) is 3.65. The summed E-state index contributed by atoms with van der Waals surface area (Å²) in [5.41, 5.74) is 5.31. The summed E-state index contributed by atoms with van der Waals surface area (Å²) in [5.74, 6) is -0.483. The van der Waals surface area contributed by atoms with Gasteiger partial charge in [-0.25, -0.2) is 14.4 Å². The first-order valence-electron chi connectivity index (χ1n) is 4.13. The van der Waals surface area contributed by atoms with Crippen LogP contribution in [0.25, 0.3) is 0 Å². The van der Waals surface area contributed by atoms with Crippen LogP contribution in [0, 0.1) is 5.82 Å². The van der Waals surface area contributed by atoms with E-state index in [1.54, 1.807) is 13.8 Å². The molecular formula is C8H12FN3OS. The Morgan fingerprint density at radius 3 is 2.79 bits per heavy atom. The maximum Gasteiger partial charge on any atom is 0.221 e. The van der Waals surface area contributed by atoms with Gasteiger partial charge in [0.1, 0.15) is 5.03 Å². The van der Waals surface area contributed by atoms with Crippen LogP contribution in [0.1, 0.15) is 13.8 Å². The minimum atomic E-state index is -0.532. The van der Waals surface area contributed by atoms with Gasteiger partial charge in [-0.3, -0.25) is 0 Å². The van der Waals surface area contributed by atoms with Crippen molar-refractivity contribution in [2.45, 2.75) is 30.2 Å². The van der Waals surface area contributed by atoms with Gasteiger partial charge in [0.2, 0.25) is 5.95 Å². The van der Waals surface area contributed by atoms with Gasteiger partial charge in [0.15, 0.2) is 5.82 Å². The molecule has 1 aromatic rings. The monoisotopic (exact) mass is 217 g/mol. The minimum absolute atomic E-state index is 0.0340. The van der Waals surface area contributed by atoms with Crippen molar-refractivity contribution in [2.24, 2.45) is 0 Å². The summed E-state index contributed by atoms with van der Waals surface area (Å²) in [5, 5.41) is 9.26. The summed E-state index contributed by atoms with van der Waals surface area (Å²) >= 11 is 1.14. The lowest BCUT2D eigenvalue weighted by Gasteiger charge is -2.13. The van der Waals surface area contributed by atoms with E-state index in [1.165, 1.54) is 0 Å². The number of aliphatic hydroxyl groups is 1. The van der Waals surface area contributed by atoms with Crippen LogP contribution < -0.4 is 5.73 Å². The van der Waals surface area contributed by atoms with E-state index in [-0.39, 0.29) is 16.2 Å². The van der Waals surface area contributed by atoms with Gasteiger partial charge in [-0.2, -0.15) is 0 Å². The van der Waals surface area contributed by atoms with Crippen molar-refractivity contribution >= 4 is 17.7 Å². The summed E-state index contributed by atoms with van der Waals surface area (Å²) in [6.45, 7) is 3.42. The number of nitrogen functional groups attached to an aromatic ring is 1. The molecule has 0 radical (unpaired) electrons. The number of nitrogens with zero attached hydrogens (tertiary/aromatic N) is 2. The molecule has 2 atom stereocenters. The van der Waals surface area contributed by atoms with Gasteiger partial charge in [-0.15, -0.1) is 0 Å². The van der Waals surface area contributed by atoms with Crippen LogP contribution in [0.2, 0.25) is 0 Å². The van der Waals surface area contributed by atoms with Gasteiger partial charge in [-0.1, -0.05) is 18.7 Å². The van der Waals surface area contributed by atoms with Gasteiger partial charge < -0.3 is 10.8 Å². The number of thioether (sulfide) groups is 1. The third-order valence-corrected chi connectivity index (χ3v) is 2.98. The first-order valence-corrected chi connectivity index (χ1v) is 5.01. The standard InChI is InChI=1S/C8H12FN3OS/c1-4(13)5(2)14-7-6(9)3-11-8(10)12-7/h3-5,13H,1-2H3,(H2,10,11,12). The average molecular weight is 217 g/mol. The van der Waals surface area contributed by atoms with E-state index >= 15 is 0 Å². The summed E-state index contributed by atoms with van der Waals surface area (Å²) in [6, 6.07) is 0. The van der Waals surface area contributed by atoms with Crippen LogP contribution >= 0.6 is 11.8 Å². The predicted octanol–water partition coefficient (Wildman–Crippen LogP) is 1.06. The molecule has 0 saturated carbocycles. The molecule has 6 heteroatoms. The minimum Gasteiger partial charge on any atom is -0.392 e. The summed E-state index contributed by atoms with van der Waals surface area (Å²) < 4.78 is 13.1. The van der Waals surface area contributed by atoms with Crippen LogP contribution in [0.5, 0.6) is 0 Å². The Hall–Kier alpha value is -0.880. The van der Waals surface area contributed by atoms with E-state index in [4.69, 9.17) is 5.73 Å². The van der Waals surface area contributed by atoms with Gasteiger partial charge in [0.25, 0.3) is 0 Å². The highest BCUT2D eigenvalue weighted by Crippen LogP contribution is 2.25. The first-order chi connectivity index (χ1) is 6.50. The molecule has 0 aliphatic carbocycles. The lowest BCUT2D eigenvalue weighted by atomic mass is 10.3. The molecule has 1 heterocycles. The molecule has 0 saturated heterocycles. The Balaban J connectivity index is 2.80. The van der Waals surface area contributed by atoms with Crippen LogP contribution in [-0.2, 0) is 0 Å². The predicted molar refractivity (Wildman–Crippen MR) is 53.4 cm³/mol. The normalized spacial score (nSPS) is 15.1. The molecule has 0 aromatic carbocycles. The highest BCUT2D eigenvalue weighted by Gasteiger charge is 2.14. The second kappa shape index (κ2) is 4.56. The molecule has 2 unspecified atom stereocenters. The first kappa shape index (κ1) is 11.2. The Morgan fingerprint density at radius 1 is 1.57 bits per heavy atom. The van der Waals surface area contributed by atoms with E-state index in [1.807, 2.05) is 0 Å². The highest BCUT2D eigenvalue weighted by atomic mass is 32.2. The number of nitrogens with two attached hydrogens (primary N) is 1. The van der Waals surface area contributed by atoms with Crippen LogP contribution in [0.4, 0.5) is 10.3 Å². The van der Waals surface area contributed by atoms with E-state index in [9.17, 15) is 9.50 Å². The fourth-order valence-corrected chi connectivity index (χ4v) is 1.58. The molecule has 0 aliphatic rings. The third-order valence-electron chi connectivity index (χ3n) is 1.71. The molecule has 3 N–H and O–H groups in total. The number of rotatable bonds is 3. The van der Waals surface area contributed by atoms with Crippen molar-refractivity contribution in [1.29, 1.82) is 0 Å². The topological polar surface area (TPSA) is 72.0 Å². The van der Waals surface area contributed by atoms with Gasteiger partial charge in [0, 0.05) is 5.25 Å². The largest absolute Gasteiger partial charge is 0.392 e. The maximum absolute atomic E-state index is 13.1.